The van der Waals surface area contributed by atoms with Crippen molar-refractivity contribution in [3.8, 4) is 0 Å². The molecule has 4 nitrogen and oxygen atoms in total. The molecule has 0 spiro atoms. The van der Waals surface area contributed by atoms with Gasteiger partial charge in [0.15, 0.2) is 0 Å². The highest BCUT2D eigenvalue weighted by atomic mass is 16.1. The molecular formula is C17H25N3O. The number of aliphatic imine (C=N–C) groups is 1. The minimum Gasteiger partial charge on any atom is -0.404 e. The van der Waals surface area contributed by atoms with Crippen LogP contribution in [-0.4, -0.2) is 32.1 Å². The molecule has 0 fully saturated rings. The van der Waals surface area contributed by atoms with Gasteiger partial charge in [0, 0.05) is 36.6 Å². The van der Waals surface area contributed by atoms with Gasteiger partial charge in [-0.3, -0.25) is 9.79 Å². The first kappa shape index (κ1) is 17.1. The van der Waals surface area contributed by atoms with Crippen molar-refractivity contribution in [2.24, 2.45) is 16.6 Å². The lowest BCUT2D eigenvalue weighted by molar-refractivity contribution is 0.112. The zero-order valence-electron chi connectivity index (χ0n) is 13.0. The second-order valence-electron chi connectivity index (χ2n) is 5.43. The van der Waals surface area contributed by atoms with E-state index in [0.717, 1.165) is 29.5 Å². The van der Waals surface area contributed by atoms with Crippen molar-refractivity contribution >= 4 is 12.5 Å². The number of carbonyl (C=O) groups excluding carboxylic acids is 1. The molecule has 0 aliphatic rings. The smallest absolute Gasteiger partial charge is 0.150 e. The van der Waals surface area contributed by atoms with Crippen molar-refractivity contribution in [2.45, 2.75) is 26.3 Å². The monoisotopic (exact) mass is 287 g/mol. The van der Waals surface area contributed by atoms with Crippen LogP contribution in [0.2, 0.25) is 0 Å². The Kier molecular flexibility index (Phi) is 7.40. The summed E-state index contributed by atoms with van der Waals surface area (Å²) < 4.78 is 0. The van der Waals surface area contributed by atoms with Gasteiger partial charge in [-0.1, -0.05) is 38.1 Å². The van der Waals surface area contributed by atoms with E-state index < -0.39 is 0 Å². The second-order valence-corrected chi connectivity index (χ2v) is 5.43. The zero-order valence-corrected chi connectivity index (χ0v) is 13.0. The summed E-state index contributed by atoms with van der Waals surface area (Å²) in [5, 5.41) is 3.50. The lowest BCUT2D eigenvalue weighted by atomic mass is 9.96. The van der Waals surface area contributed by atoms with Crippen molar-refractivity contribution < 1.29 is 4.79 Å². The fourth-order valence-electron chi connectivity index (χ4n) is 2.14. The van der Waals surface area contributed by atoms with Gasteiger partial charge in [-0.05, 0) is 24.4 Å². The molecular weight excluding hydrogens is 262 g/mol. The molecule has 0 heterocycles. The molecule has 4 heteroatoms. The van der Waals surface area contributed by atoms with Crippen LogP contribution in [-0.2, 0) is 6.42 Å². The summed E-state index contributed by atoms with van der Waals surface area (Å²) in [6, 6.07) is 7.67. The van der Waals surface area contributed by atoms with Gasteiger partial charge in [0.2, 0.25) is 0 Å². The first-order chi connectivity index (χ1) is 10.1. The van der Waals surface area contributed by atoms with E-state index in [-0.39, 0.29) is 6.04 Å². The van der Waals surface area contributed by atoms with Crippen LogP contribution in [0.15, 0.2) is 41.0 Å². The van der Waals surface area contributed by atoms with E-state index in [1.807, 2.05) is 24.3 Å². The van der Waals surface area contributed by atoms with E-state index >= 15 is 0 Å². The molecule has 0 unspecified atom stereocenters. The maximum Gasteiger partial charge on any atom is 0.150 e. The number of nitrogens with one attached hydrogen (secondary N) is 1. The molecule has 1 aromatic rings. The molecule has 0 saturated carbocycles. The first-order valence-electron chi connectivity index (χ1n) is 7.22. The number of nitrogens with zero attached hydrogens (tertiary/aromatic N) is 1. The van der Waals surface area contributed by atoms with Crippen molar-refractivity contribution in [1.82, 2.24) is 5.32 Å². The fraction of sp³-hybridized carbons (Fsp3) is 0.412. The SMILES string of the molecule is CN=CC(=CN)[C@H](Cc1ccccc1C=O)NCC(C)C. The Morgan fingerprint density at radius 1 is 1.38 bits per heavy atom. The number of carbonyl (C=O) groups is 1. The Labute approximate surface area is 127 Å². The van der Waals surface area contributed by atoms with E-state index in [0.29, 0.717) is 12.3 Å². The highest BCUT2D eigenvalue weighted by molar-refractivity contribution is 5.81. The van der Waals surface area contributed by atoms with Crippen LogP contribution in [0.1, 0.15) is 29.8 Å². The van der Waals surface area contributed by atoms with Crippen LogP contribution in [0, 0.1) is 5.92 Å². The first-order valence-corrected chi connectivity index (χ1v) is 7.22. The van der Waals surface area contributed by atoms with Crippen molar-refractivity contribution in [1.29, 1.82) is 0 Å². The lowest BCUT2D eigenvalue weighted by Gasteiger charge is -2.21. The maximum atomic E-state index is 11.2. The van der Waals surface area contributed by atoms with Gasteiger partial charge < -0.3 is 11.1 Å². The van der Waals surface area contributed by atoms with Gasteiger partial charge in [0.05, 0.1) is 0 Å². The standard InChI is InChI=1S/C17H25N3O/c1-13(2)10-20-17(16(9-18)11-19-3)8-14-6-4-5-7-15(14)12-21/h4-7,9,11-13,17,20H,8,10,18H2,1-3H3/t17-/m0/s1. The van der Waals surface area contributed by atoms with Crippen LogP contribution >= 0.6 is 0 Å². The van der Waals surface area contributed by atoms with Crippen LogP contribution in [0.5, 0.6) is 0 Å². The molecule has 0 aliphatic carbocycles. The third-order valence-corrected chi connectivity index (χ3v) is 3.25. The Hall–Kier alpha value is -1.94. The summed E-state index contributed by atoms with van der Waals surface area (Å²) in [7, 11) is 1.72. The number of hydrogen-bond donors (Lipinski definition) is 2. The zero-order chi connectivity index (χ0) is 15.7. The molecule has 0 bridgehead atoms. The lowest BCUT2D eigenvalue weighted by Crippen LogP contribution is -2.36. The highest BCUT2D eigenvalue weighted by Crippen LogP contribution is 2.13. The van der Waals surface area contributed by atoms with E-state index in [1.54, 1.807) is 19.5 Å². The minimum atomic E-state index is 0.0437. The summed E-state index contributed by atoms with van der Waals surface area (Å²) >= 11 is 0. The largest absolute Gasteiger partial charge is 0.404 e. The van der Waals surface area contributed by atoms with Gasteiger partial charge in [-0.15, -0.1) is 0 Å². The van der Waals surface area contributed by atoms with Crippen LogP contribution in [0.3, 0.4) is 0 Å². The molecule has 1 atom stereocenters. The van der Waals surface area contributed by atoms with Crippen molar-refractivity contribution in [3.05, 3.63) is 47.2 Å². The Morgan fingerprint density at radius 3 is 2.67 bits per heavy atom. The number of aldehydes is 1. The van der Waals surface area contributed by atoms with Crippen molar-refractivity contribution in [3.63, 3.8) is 0 Å². The van der Waals surface area contributed by atoms with E-state index in [4.69, 9.17) is 5.73 Å². The van der Waals surface area contributed by atoms with Crippen LogP contribution < -0.4 is 11.1 Å². The van der Waals surface area contributed by atoms with E-state index in [1.165, 1.54) is 0 Å². The Balaban J connectivity index is 2.98. The number of hydrogen-bond acceptors (Lipinski definition) is 4. The molecule has 0 saturated heterocycles. The van der Waals surface area contributed by atoms with Gasteiger partial charge in [0.25, 0.3) is 0 Å². The topological polar surface area (TPSA) is 67.5 Å². The Morgan fingerprint density at radius 2 is 2.10 bits per heavy atom. The average Bonchev–Trinajstić information content (AvgIpc) is 2.49. The molecule has 0 aliphatic heterocycles. The second kappa shape index (κ2) is 9.08. The summed E-state index contributed by atoms with van der Waals surface area (Å²) in [6.45, 7) is 5.19. The molecule has 0 amide bonds. The molecule has 114 valence electrons. The predicted octanol–water partition coefficient (Wildman–Crippen LogP) is 2.20. The van der Waals surface area contributed by atoms with Gasteiger partial charge >= 0.3 is 0 Å². The van der Waals surface area contributed by atoms with Gasteiger partial charge in [0.1, 0.15) is 6.29 Å². The minimum absolute atomic E-state index is 0.0437. The molecule has 1 rings (SSSR count). The third kappa shape index (κ3) is 5.52. The number of rotatable bonds is 8. The number of benzene rings is 1. The highest BCUT2D eigenvalue weighted by Gasteiger charge is 2.15. The van der Waals surface area contributed by atoms with Crippen molar-refractivity contribution in [2.75, 3.05) is 13.6 Å². The van der Waals surface area contributed by atoms with Gasteiger partial charge in [-0.25, -0.2) is 0 Å². The quantitative estimate of drug-likeness (QED) is 0.569. The molecule has 0 aromatic heterocycles. The predicted molar refractivity (Wildman–Crippen MR) is 88.8 cm³/mol. The molecule has 3 N–H and O–H groups in total. The summed E-state index contributed by atoms with van der Waals surface area (Å²) in [4.78, 5) is 15.2. The normalized spacial score (nSPS) is 13.8. The average molecular weight is 287 g/mol. The summed E-state index contributed by atoms with van der Waals surface area (Å²) in [5.74, 6) is 0.534. The molecule has 0 radical (unpaired) electrons. The summed E-state index contributed by atoms with van der Waals surface area (Å²) in [6.07, 6.45) is 4.95. The summed E-state index contributed by atoms with van der Waals surface area (Å²) in [5.41, 5.74) is 8.39. The fourth-order valence-corrected chi connectivity index (χ4v) is 2.14. The Bertz CT molecular complexity index is 507. The maximum absolute atomic E-state index is 11.2. The van der Waals surface area contributed by atoms with Crippen LogP contribution in [0.25, 0.3) is 0 Å². The van der Waals surface area contributed by atoms with E-state index in [9.17, 15) is 4.79 Å². The van der Waals surface area contributed by atoms with E-state index in [2.05, 4.69) is 24.2 Å². The number of nitrogens with two attached hydrogens (primary N) is 1. The molecule has 1 aromatic carbocycles. The van der Waals surface area contributed by atoms with Gasteiger partial charge in [-0.2, -0.15) is 0 Å². The van der Waals surface area contributed by atoms with Crippen LogP contribution in [0.4, 0.5) is 0 Å². The molecule has 21 heavy (non-hydrogen) atoms. The third-order valence-electron chi connectivity index (χ3n) is 3.25.